The number of nitrogens with two attached hydrogens (primary N) is 1. The number of hydrogen-bond acceptors (Lipinski definition) is 8. The van der Waals surface area contributed by atoms with Crippen LogP contribution in [0.1, 0.15) is 37.9 Å². The fraction of sp³-hybridized carbons (Fsp3) is 0.276. The largest absolute Gasteiger partial charge is 0.491 e. The number of halogens is 3. The van der Waals surface area contributed by atoms with Crippen LogP contribution >= 0.6 is 0 Å². The summed E-state index contributed by atoms with van der Waals surface area (Å²) in [4.78, 5) is 25.1. The first-order chi connectivity index (χ1) is 19.9. The fourth-order valence-electron chi connectivity index (χ4n) is 3.67. The zero-order valence-corrected chi connectivity index (χ0v) is 23.4. The molecule has 0 bridgehead atoms. The number of likely N-dealkylation sites (N-methyl/N-ethyl adjacent to an activating group) is 1. The van der Waals surface area contributed by atoms with Crippen LogP contribution < -0.4 is 30.8 Å². The Balaban J connectivity index is 1.98. The zero-order chi connectivity index (χ0) is 30.9. The van der Waals surface area contributed by atoms with Gasteiger partial charge >= 0.3 is 12.1 Å². The lowest BCUT2D eigenvalue weighted by molar-refractivity contribution is -0.189. The van der Waals surface area contributed by atoms with Gasteiger partial charge in [-0.25, -0.2) is 4.79 Å². The van der Waals surface area contributed by atoms with Gasteiger partial charge in [-0.05, 0) is 62.7 Å². The number of carbonyl (C=O) groups excluding carboxylic acids is 2. The molecular weight excluding hydrogens is 555 g/mol. The van der Waals surface area contributed by atoms with Crippen molar-refractivity contribution in [2.24, 2.45) is 10.8 Å². The van der Waals surface area contributed by atoms with Crippen molar-refractivity contribution in [1.82, 2.24) is 10.4 Å². The van der Waals surface area contributed by atoms with Gasteiger partial charge in [0.2, 0.25) is 0 Å². The van der Waals surface area contributed by atoms with Gasteiger partial charge in [0.1, 0.15) is 11.8 Å². The first-order valence-corrected chi connectivity index (χ1v) is 12.9. The van der Waals surface area contributed by atoms with E-state index in [1.54, 1.807) is 49.4 Å². The number of para-hydroxylation sites is 2. The van der Waals surface area contributed by atoms with Crippen molar-refractivity contribution in [2.75, 3.05) is 19.1 Å². The van der Waals surface area contributed by atoms with E-state index in [1.807, 2.05) is 19.9 Å². The predicted octanol–water partition coefficient (Wildman–Crippen LogP) is 4.78. The number of hydrazine groups is 1. The van der Waals surface area contributed by atoms with Crippen molar-refractivity contribution in [3.63, 3.8) is 0 Å². The van der Waals surface area contributed by atoms with Gasteiger partial charge in [-0.2, -0.15) is 18.3 Å². The van der Waals surface area contributed by atoms with E-state index in [0.29, 0.717) is 29.4 Å². The second-order valence-corrected chi connectivity index (χ2v) is 9.12. The molecule has 0 fully saturated rings. The van der Waals surface area contributed by atoms with Crippen LogP contribution in [0.25, 0.3) is 0 Å². The van der Waals surface area contributed by atoms with E-state index in [0.717, 1.165) is 6.07 Å². The van der Waals surface area contributed by atoms with Gasteiger partial charge < -0.3 is 19.9 Å². The first kappa shape index (κ1) is 31.6. The Morgan fingerprint density at radius 2 is 1.64 bits per heavy atom. The summed E-state index contributed by atoms with van der Waals surface area (Å²) < 4.78 is 54.5. The van der Waals surface area contributed by atoms with Gasteiger partial charge in [0, 0.05) is 7.05 Å². The van der Waals surface area contributed by atoms with Crippen molar-refractivity contribution >= 4 is 23.4 Å². The molecule has 224 valence electrons. The van der Waals surface area contributed by atoms with Gasteiger partial charge in [-0.15, -0.1) is 0 Å². The number of amides is 1. The standard InChI is InChI=1S/C29H32F3N5O5/c1-5-40-24-17-19(15-16-23(24)41-18(2)3)25(27(38)37(4)36-20-11-7-6-8-12-20)34-35-26(33)21-13-9-10-14-22(21)42-28(39)29(30,31)32/h6-18,25,34,36H,5H2,1-4H3,(H2,33,35). The molecule has 3 aromatic carbocycles. The number of nitrogens with one attached hydrogen (secondary N) is 2. The van der Waals surface area contributed by atoms with Gasteiger partial charge in [-0.3, -0.25) is 20.7 Å². The summed E-state index contributed by atoms with van der Waals surface area (Å²) in [6.07, 6.45) is -5.35. The van der Waals surface area contributed by atoms with E-state index in [1.165, 1.54) is 30.3 Å². The first-order valence-electron chi connectivity index (χ1n) is 12.9. The summed E-state index contributed by atoms with van der Waals surface area (Å²) in [5, 5.41) is 5.33. The molecule has 3 aromatic rings. The van der Waals surface area contributed by atoms with E-state index in [2.05, 4.69) is 20.7 Å². The summed E-state index contributed by atoms with van der Waals surface area (Å²) in [5.74, 6) is -2.83. The molecule has 0 aromatic heterocycles. The maximum Gasteiger partial charge on any atom is 0.491 e. The van der Waals surface area contributed by atoms with Crippen LogP contribution in [0, 0.1) is 0 Å². The molecule has 0 heterocycles. The number of benzene rings is 3. The normalized spacial score (nSPS) is 12.3. The molecule has 1 amide bonds. The lowest BCUT2D eigenvalue weighted by Crippen LogP contribution is -2.41. The number of hydrazone groups is 1. The minimum absolute atomic E-state index is 0.0970. The average Bonchev–Trinajstić information content (AvgIpc) is 2.94. The SMILES string of the molecule is CCOc1cc(C(N/N=C(\N)c2ccccc2OC(=O)C(F)(F)F)C(=O)N(C)Nc2ccccc2)ccc1OC(C)C. The number of anilines is 1. The maximum absolute atomic E-state index is 13.7. The minimum atomic E-state index is -5.21. The molecule has 0 aliphatic rings. The predicted molar refractivity (Wildman–Crippen MR) is 151 cm³/mol. The summed E-state index contributed by atoms with van der Waals surface area (Å²) in [5.41, 5.74) is 12.8. The quantitative estimate of drug-likeness (QED) is 0.0909. The molecule has 0 aliphatic heterocycles. The molecule has 4 N–H and O–H groups in total. The van der Waals surface area contributed by atoms with Crippen molar-refractivity contribution in [1.29, 1.82) is 0 Å². The van der Waals surface area contributed by atoms with Crippen LogP contribution in [0.15, 0.2) is 77.9 Å². The van der Waals surface area contributed by atoms with Crippen molar-refractivity contribution < 1.29 is 37.0 Å². The monoisotopic (exact) mass is 587 g/mol. The molecule has 0 aliphatic carbocycles. The Labute approximate surface area is 241 Å². The molecule has 13 heteroatoms. The second kappa shape index (κ2) is 14.1. The number of rotatable bonds is 12. The zero-order valence-electron chi connectivity index (χ0n) is 23.4. The Bertz CT molecular complexity index is 1400. The Morgan fingerprint density at radius 3 is 2.29 bits per heavy atom. The van der Waals surface area contributed by atoms with E-state index < -0.39 is 29.8 Å². The molecule has 0 saturated carbocycles. The van der Waals surface area contributed by atoms with Crippen LogP contribution in [-0.2, 0) is 9.59 Å². The summed E-state index contributed by atoms with van der Waals surface area (Å²) in [7, 11) is 1.52. The lowest BCUT2D eigenvalue weighted by Gasteiger charge is -2.26. The highest BCUT2D eigenvalue weighted by Crippen LogP contribution is 2.32. The number of alkyl halides is 3. The molecule has 3 rings (SSSR count). The third-order valence-electron chi connectivity index (χ3n) is 5.52. The molecule has 42 heavy (non-hydrogen) atoms. The van der Waals surface area contributed by atoms with Gasteiger partial charge in [0.05, 0.1) is 24.0 Å². The number of amidine groups is 1. The minimum Gasteiger partial charge on any atom is -0.490 e. The number of carbonyl (C=O) groups is 2. The van der Waals surface area contributed by atoms with Gasteiger partial charge in [0.25, 0.3) is 5.91 Å². The molecule has 1 atom stereocenters. The molecule has 1 unspecified atom stereocenters. The number of ether oxygens (including phenoxy) is 3. The summed E-state index contributed by atoms with van der Waals surface area (Å²) in [6.45, 7) is 5.86. The Hall–Kier alpha value is -4.94. The van der Waals surface area contributed by atoms with Gasteiger partial charge in [-0.1, -0.05) is 36.4 Å². The topological polar surface area (TPSA) is 128 Å². The molecule has 0 spiro atoms. The maximum atomic E-state index is 13.7. The van der Waals surface area contributed by atoms with E-state index in [-0.39, 0.29) is 17.5 Å². The van der Waals surface area contributed by atoms with Crippen molar-refractivity contribution in [3.05, 3.63) is 83.9 Å². The van der Waals surface area contributed by atoms with Gasteiger partial charge in [0.15, 0.2) is 17.3 Å². The second-order valence-electron chi connectivity index (χ2n) is 9.12. The molecule has 0 radical (unpaired) electrons. The highest BCUT2D eigenvalue weighted by atomic mass is 19.4. The molecule has 0 saturated heterocycles. The van der Waals surface area contributed by atoms with Crippen LogP contribution in [0.4, 0.5) is 18.9 Å². The van der Waals surface area contributed by atoms with E-state index in [4.69, 9.17) is 15.2 Å². The van der Waals surface area contributed by atoms with Crippen LogP contribution in [-0.4, -0.2) is 48.7 Å². The number of nitrogens with zero attached hydrogens (tertiary/aromatic N) is 2. The smallest absolute Gasteiger partial charge is 0.490 e. The fourth-order valence-corrected chi connectivity index (χ4v) is 3.67. The third-order valence-corrected chi connectivity index (χ3v) is 5.52. The highest BCUT2D eigenvalue weighted by molar-refractivity contribution is 6.00. The summed E-state index contributed by atoms with van der Waals surface area (Å²) >= 11 is 0. The lowest BCUT2D eigenvalue weighted by atomic mass is 10.1. The van der Waals surface area contributed by atoms with Crippen molar-refractivity contribution in [2.45, 2.75) is 39.1 Å². The Kier molecular flexibility index (Phi) is 10.6. The number of esters is 1. The number of hydrogen-bond donors (Lipinski definition) is 3. The van der Waals surface area contributed by atoms with E-state index >= 15 is 0 Å². The Morgan fingerprint density at radius 1 is 0.976 bits per heavy atom. The average molecular weight is 588 g/mol. The van der Waals surface area contributed by atoms with Crippen LogP contribution in [0.5, 0.6) is 17.2 Å². The molecular formula is C29H32F3N5O5. The molecule has 10 nitrogen and oxygen atoms in total. The van der Waals surface area contributed by atoms with E-state index in [9.17, 15) is 22.8 Å². The summed E-state index contributed by atoms with van der Waals surface area (Å²) in [6, 6.07) is 18.1. The van der Waals surface area contributed by atoms with Crippen LogP contribution in [0.3, 0.4) is 0 Å². The highest BCUT2D eigenvalue weighted by Gasteiger charge is 2.41. The third kappa shape index (κ3) is 8.53. The van der Waals surface area contributed by atoms with Crippen LogP contribution in [0.2, 0.25) is 0 Å². The van der Waals surface area contributed by atoms with Crippen molar-refractivity contribution in [3.8, 4) is 17.2 Å².